The fraction of sp³-hybridized carbons (Fsp3) is 0.696. The van der Waals surface area contributed by atoms with Crippen molar-refractivity contribution in [2.75, 3.05) is 20.2 Å². The number of fused-ring (bicyclic) bond motifs is 1. The lowest BCUT2D eigenvalue weighted by Gasteiger charge is -2.35. The van der Waals surface area contributed by atoms with E-state index in [1.165, 1.54) is 11.3 Å². The lowest BCUT2D eigenvalue weighted by molar-refractivity contribution is 0.0897. The van der Waals surface area contributed by atoms with Crippen LogP contribution in [0, 0.1) is 6.92 Å². The van der Waals surface area contributed by atoms with Crippen LogP contribution >= 0.6 is 11.3 Å². The summed E-state index contributed by atoms with van der Waals surface area (Å²) in [5, 5.41) is 10.5. The Labute approximate surface area is 211 Å². The number of carbonyl (C=O) groups excluding carboxylic acids is 2. The highest BCUT2D eigenvalue weighted by atomic mass is 32.1. The molecule has 192 valence electrons. The van der Waals surface area contributed by atoms with Crippen LogP contribution in [-0.4, -0.2) is 72.4 Å². The molecular formula is C23H36N6O4SSi. The quantitative estimate of drug-likeness (QED) is 0.533. The van der Waals surface area contributed by atoms with E-state index in [0.29, 0.717) is 36.2 Å². The van der Waals surface area contributed by atoms with Gasteiger partial charge in [0.05, 0.1) is 24.4 Å². The molecule has 2 N–H and O–H groups in total. The number of thiazole rings is 1. The van der Waals surface area contributed by atoms with Gasteiger partial charge in [0.15, 0.2) is 10.8 Å². The summed E-state index contributed by atoms with van der Waals surface area (Å²) in [6.45, 7) is 10.7. The smallest absolute Gasteiger partial charge is 0.407 e. The average molecular weight is 521 g/mol. The number of aromatic nitrogens is 3. The molecule has 1 fully saturated rings. The Morgan fingerprint density at radius 3 is 2.71 bits per heavy atom. The summed E-state index contributed by atoms with van der Waals surface area (Å²) in [5.74, 6) is 0.967. The van der Waals surface area contributed by atoms with Crippen LogP contribution in [0.4, 0.5) is 4.79 Å². The topological polar surface area (TPSA) is 122 Å². The van der Waals surface area contributed by atoms with Gasteiger partial charge in [0.1, 0.15) is 0 Å². The normalized spacial score (nSPS) is 22.9. The van der Waals surface area contributed by atoms with E-state index >= 15 is 0 Å². The summed E-state index contributed by atoms with van der Waals surface area (Å²) < 4.78 is 10.9. The maximum Gasteiger partial charge on any atom is 0.407 e. The average Bonchev–Trinajstić information content (AvgIpc) is 3.40. The zero-order chi connectivity index (χ0) is 25.2. The first kappa shape index (κ1) is 25.8. The second-order valence-electron chi connectivity index (χ2n) is 10.8. The molecule has 2 aromatic rings. The molecule has 1 aliphatic heterocycles. The minimum atomic E-state index is -1.30. The first-order valence-electron chi connectivity index (χ1n) is 12.3. The van der Waals surface area contributed by atoms with Gasteiger partial charge in [-0.05, 0) is 39.3 Å². The van der Waals surface area contributed by atoms with Crippen LogP contribution in [0.15, 0.2) is 4.52 Å². The van der Waals surface area contributed by atoms with Crippen LogP contribution in [0.5, 0.6) is 0 Å². The standard InChI is InChI=1S/C23H36N6O4SSi/c1-14-24-21(33-28-14)15-6-7-16(27-23(31)32-10-11-35(3,4)5)18(12-15)25-20(30)22-26-17-8-9-29(2)13-19(17)34-22/h15-16,18H,6-13H2,1-5H3,(H,25,30)(H,27,31)/t15-,16?,18?/m0/s1. The summed E-state index contributed by atoms with van der Waals surface area (Å²) in [6, 6.07) is 0.356. The van der Waals surface area contributed by atoms with E-state index in [1.807, 2.05) is 0 Å². The van der Waals surface area contributed by atoms with Gasteiger partial charge in [-0.3, -0.25) is 4.79 Å². The molecule has 0 aromatic carbocycles. The van der Waals surface area contributed by atoms with Gasteiger partial charge in [-0.1, -0.05) is 24.8 Å². The van der Waals surface area contributed by atoms with Gasteiger partial charge < -0.3 is 24.8 Å². The van der Waals surface area contributed by atoms with Crippen LogP contribution in [0.25, 0.3) is 0 Å². The third-order valence-corrected chi connectivity index (χ3v) is 9.35. The molecule has 0 radical (unpaired) electrons. The van der Waals surface area contributed by atoms with E-state index in [2.05, 4.69) is 57.3 Å². The van der Waals surface area contributed by atoms with Crippen LogP contribution in [0.1, 0.15) is 57.3 Å². The van der Waals surface area contributed by atoms with E-state index in [1.54, 1.807) is 6.92 Å². The number of amides is 2. The Morgan fingerprint density at radius 1 is 1.20 bits per heavy atom. The lowest BCUT2D eigenvalue weighted by Crippen LogP contribution is -2.54. The molecule has 0 spiro atoms. The zero-order valence-corrected chi connectivity index (χ0v) is 23.0. The van der Waals surface area contributed by atoms with Gasteiger partial charge in [0.2, 0.25) is 5.89 Å². The minimum Gasteiger partial charge on any atom is -0.450 e. The lowest BCUT2D eigenvalue weighted by atomic mass is 9.82. The Bertz CT molecular complexity index is 1050. The second kappa shape index (κ2) is 10.7. The number of alkyl carbamates (subject to hydrolysis) is 1. The number of ether oxygens (including phenoxy) is 1. The van der Waals surface area contributed by atoms with Gasteiger partial charge in [-0.25, -0.2) is 9.78 Å². The Hall–Kier alpha value is -2.31. The van der Waals surface area contributed by atoms with Crippen molar-refractivity contribution in [3.05, 3.63) is 27.3 Å². The van der Waals surface area contributed by atoms with Crippen molar-refractivity contribution in [3.8, 4) is 0 Å². The molecule has 2 unspecified atom stereocenters. The molecule has 3 atom stereocenters. The maximum absolute atomic E-state index is 13.2. The van der Waals surface area contributed by atoms with Crippen molar-refractivity contribution >= 4 is 31.4 Å². The number of hydrogen-bond donors (Lipinski definition) is 2. The minimum absolute atomic E-state index is 0.0145. The molecule has 35 heavy (non-hydrogen) atoms. The number of likely N-dealkylation sites (N-methyl/N-ethyl adjacent to an activating group) is 1. The molecule has 12 heteroatoms. The monoisotopic (exact) mass is 520 g/mol. The summed E-state index contributed by atoms with van der Waals surface area (Å²) in [5.41, 5.74) is 1.02. The summed E-state index contributed by atoms with van der Waals surface area (Å²) in [4.78, 5) is 38.1. The fourth-order valence-corrected chi connectivity index (χ4v) is 6.31. The van der Waals surface area contributed by atoms with E-state index in [9.17, 15) is 9.59 Å². The number of nitrogens with one attached hydrogen (secondary N) is 2. The first-order chi connectivity index (χ1) is 16.6. The Morgan fingerprint density at radius 2 is 2.00 bits per heavy atom. The second-order valence-corrected chi connectivity index (χ2v) is 17.5. The van der Waals surface area contributed by atoms with Crippen LogP contribution in [-0.2, 0) is 17.7 Å². The summed E-state index contributed by atoms with van der Waals surface area (Å²) in [6.07, 6.45) is 2.43. The number of aryl methyl sites for hydroxylation is 1. The maximum atomic E-state index is 13.2. The van der Waals surface area contributed by atoms with Gasteiger partial charge in [-0.15, -0.1) is 11.3 Å². The largest absolute Gasteiger partial charge is 0.450 e. The fourth-order valence-electron chi connectivity index (χ4n) is 4.50. The molecule has 3 heterocycles. The van der Waals surface area contributed by atoms with E-state index < -0.39 is 14.2 Å². The molecule has 0 saturated heterocycles. The predicted octanol–water partition coefficient (Wildman–Crippen LogP) is 3.32. The predicted molar refractivity (Wildman–Crippen MR) is 135 cm³/mol. The number of rotatable bonds is 7. The molecule has 1 saturated carbocycles. The molecule has 2 aromatic heterocycles. The van der Waals surface area contributed by atoms with Crippen molar-refractivity contribution in [1.29, 1.82) is 0 Å². The van der Waals surface area contributed by atoms with Crippen molar-refractivity contribution < 1.29 is 18.8 Å². The first-order valence-corrected chi connectivity index (χ1v) is 16.8. The number of hydrogen-bond acceptors (Lipinski definition) is 9. The summed E-state index contributed by atoms with van der Waals surface area (Å²) >= 11 is 1.45. The number of carbonyl (C=O) groups is 2. The van der Waals surface area contributed by atoms with Gasteiger partial charge >= 0.3 is 6.09 Å². The van der Waals surface area contributed by atoms with Crippen LogP contribution in [0.2, 0.25) is 25.7 Å². The molecule has 10 nitrogen and oxygen atoms in total. The third kappa shape index (κ3) is 6.89. The molecule has 2 amide bonds. The van der Waals surface area contributed by atoms with Gasteiger partial charge in [0.25, 0.3) is 5.91 Å². The highest BCUT2D eigenvalue weighted by Crippen LogP contribution is 2.33. The summed E-state index contributed by atoms with van der Waals surface area (Å²) in [7, 11) is 0.775. The molecule has 0 bridgehead atoms. The van der Waals surface area contributed by atoms with Crippen molar-refractivity contribution in [1.82, 2.24) is 30.7 Å². The van der Waals surface area contributed by atoms with E-state index in [-0.39, 0.29) is 23.9 Å². The zero-order valence-electron chi connectivity index (χ0n) is 21.2. The highest BCUT2D eigenvalue weighted by Gasteiger charge is 2.36. The van der Waals surface area contributed by atoms with E-state index in [0.717, 1.165) is 42.5 Å². The van der Waals surface area contributed by atoms with E-state index in [4.69, 9.17) is 9.26 Å². The van der Waals surface area contributed by atoms with Crippen LogP contribution < -0.4 is 10.6 Å². The highest BCUT2D eigenvalue weighted by molar-refractivity contribution is 7.13. The Balaban J connectivity index is 1.43. The number of nitrogens with zero attached hydrogens (tertiary/aromatic N) is 4. The molecule has 2 aliphatic rings. The van der Waals surface area contributed by atoms with Crippen LogP contribution in [0.3, 0.4) is 0 Å². The van der Waals surface area contributed by atoms with Gasteiger partial charge in [0, 0.05) is 38.4 Å². The van der Waals surface area contributed by atoms with Crippen molar-refractivity contribution in [2.45, 2.75) is 82.8 Å². The third-order valence-electron chi connectivity index (χ3n) is 6.56. The SMILES string of the molecule is Cc1noc([C@H]2CCC(NC(=O)OCC[Si](C)(C)C)C(NC(=O)c3nc4c(s3)CN(C)CC4)C2)n1. The van der Waals surface area contributed by atoms with Crippen molar-refractivity contribution in [3.63, 3.8) is 0 Å². The Kier molecular flexibility index (Phi) is 7.91. The van der Waals surface area contributed by atoms with Crippen molar-refractivity contribution in [2.24, 2.45) is 0 Å². The molecule has 4 rings (SSSR count). The van der Waals surface area contributed by atoms with Gasteiger partial charge in [-0.2, -0.15) is 4.98 Å². The molecule has 1 aliphatic carbocycles. The molecular weight excluding hydrogens is 484 g/mol.